The Kier molecular flexibility index (Phi) is 4.43. The van der Waals surface area contributed by atoms with Crippen LogP contribution in [0.4, 0.5) is 0 Å². The number of hydrogen-bond donors (Lipinski definition) is 1. The highest BCUT2D eigenvalue weighted by Gasteiger charge is 2.26. The molecule has 0 aliphatic heterocycles. The fourth-order valence-corrected chi connectivity index (χ4v) is 2.55. The zero-order valence-electron chi connectivity index (χ0n) is 11.5. The summed E-state index contributed by atoms with van der Waals surface area (Å²) in [6.45, 7) is 0. The van der Waals surface area contributed by atoms with Crippen LogP contribution in [-0.2, 0) is 0 Å². The standard InChI is InChI=1S/C15H21NO3/c1-16(12-5-7-13(17)8-6-12)15(18)11-3-9-14(19-2)10-4-11/h3-4,9-10,12-13,17H,5-8H2,1-2H3. The first-order chi connectivity index (χ1) is 9.11. The summed E-state index contributed by atoms with van der Waals surface area (Å²) < 4.78 is 5.08. The summed E-state index contributed by atoms with van der Waals surface area (Å²) in [6.07, 6.45) is 3.12. The lowest BCUT2D eigenvalue weighted by Gasteiger charge is -2.33. The monoisotopic (exact) mass is 263 g/mol. The van der Waals surface area contributed by atoms with Gasteiger partial charge in [-0.1, -0.05) is 0 Å². The third-order valence-corrected chi connectivity index (χ3v) is 3.87. The highest BCUT2D eigenvalue weighted by atomic mass is 16.5. The molecule has 0 bridgehead atoms. The van der Waals surface area contributed by atoms with Crippen molar-refractivity contribution in [3.8, 4) is 5.75 Å². The minimum Gasteiger partial charge on any atom is -0.497 e. The number of aliphatic hydroxyl groups excluding tert-OH is 1. The smallest absolute Gasteiger partial charge is 0.253 e. The second-order valence-electron chi connectivity index (χ2n) is 5.11. The highest BCUT2D eigenvalue weighted by Crippen LogP contribution is 2.23. The average Bonchev–Trinajstić information content (AvgIpc) is 2.46. The summed E-state index contributed by atoms with van der Waals surface area (Å²) in [6, 6.07) is 7.40. The zero-order valence-corrected chi connectivity index (χ0v) is 11.5. The molecule has 0 atom stereocenters. The van der Waals surface area contributed by atoms with Gasteiger partial charge in [-0.25, -0.2) is 0 Å². The molecule has 1 N–H and O–H groups in total. The molecule has 0 saturated heterocycles. The van der Waals surface area contributed by atoms with E-state index in [0.29, 0.717) is 5.56 Å². The number of hydrogen-bond acceptors (Lipinski definition) is 3. The van der Waals surface area contributed by atoms with Gasteiger partial charge in [-0.15, -0.1) is 0 Å². The van der Waals surface area contributed by atoms with Crippen molar-refractivity contribution in [2.24, 2.45) is 0 Å². The largest absolute Gasteiger partial charge is 0.497 e. The van der Waals surface area contributed by atoms with Crippen LogP contribution in [0.3, 0.4) is 0 Å². The third-order valence-electron chi connectivity index (χ3n) is 3.87. The first kappa shape index (κ1) is 13.9. The molecule has 2 rings (SSSR count). The Morgan fingerprint density at radius 2 is 1.79 bits per heavy atom. The van der Waals surface area contributed by atoms with E-state index < -0.39 is 0 Å². The normalized spacial score (nSPS) is 22.9. The molecule has 0 unspecified atom stereocenters. The summed E-state index contributed by atoms with van der Waals surface area (Å²) in [5.74, 6) is 0.782. The van der Waals surface area contributed by atoms with Crippen LogP contribution in [0.2, 0.25) is 0 Å². The lowest BCUT2D eigenvalue weighted by molar-refractivity contribution is 0.0569. The lowest BCUT2D eigenvalue weighted by Crippen LogP contribution is -2.40. The number of amides is 1. The molecule has 0 heterocycles. The second-order valence-corrected chi connectivity index (χ2v) is 5.11. The number of nitrogens with zero attached hydrogens (tertiary/aromatic N) is 1. The van der Waals surface area contributed by atoms with Gasteiger partial charge in [-0.2, -0.15) is 0 Å². The fraction of sp³-hybridized carbons (Fsp3) is 0.533. The van der Waals surface area contributed by atoms with Crippen molar-refractivity contribution in [3.05, 3.63) is 29.8 Å². The van der Waals surface area contributed by atoms with Crippen molar-refractivity contribution in [3.63, 3.8) is 0 Å². The molecule has 0 aromatic heterocycles. The first-order valence-corrected chi connectivity index (χ1v) is 6.71. The predicted octanol–water partition coefficient (Wildman–Crippen LogP) is 2.07. The molecule has 0 radical (unpaired) electrons. The Bertz CT molecular complexity index is 422. The van der Waals surface area contributed by atoms with Gasteiger partial charge >= 0.3 is 0 Å². The van der Waals surface area contributed by atoms with E-state index in [4.69, 9.17) is 4.74 Å². The van der Waals surface area contributed by atoms with E-state index in [2.05, 4.69) is 0 Å². The summed E-state index contributed by atoms with van der Waals surface area (Å²) in [7, 11) is 3.45. The Hall–Kier alpha value is -1.55. The van der Waals surface area contributed by atoms with Gasteiger partial charge in [0.05, 0.1) is 13.2 Å². The lowest BCUT2D eigenvalue weighted by atomic mass is 9.92. The molecule has 1 aromatic rings. The molecule has 1 aliphatic rings. The van der Waals surface area contributed by atoms with Crippen molar-refractivity contribution in [2.45, 2.75) is 37.8 Å². The number of aliphatic hydroxyl groups is 1. The average molecular weight is 263 g/mol. The minimum atomic E-state index is -0.194. The Morgan fingerprint density at radius 1 is 1.21 bits per heavy atom. The molecule has 104 valence electrons. The van der Waals surface area contributed by atoms with Gasteiger partial charge in [-0.3, -0.25) is 4.79 Å². The van der Waals surface area contributed by atoms with Gasteiger partial charge in [0.15, 0.2) is 0 Å². The van der Waals surface area contributed by atoms with Crippen LogP contribution in [0.1, 0.15) is 36.0 Å². The quantitative estimate of drug-likeness (QED) is 0.908. The van der Waals surface area contributed by atoms with Crippen molar-refractivity contribution in [1.29, 1.82) is 0 Å². The van der Waals surface area contributed by atoms with E-state index in [9.17, 15) is 9.90 Å². The maximum absolute atomic E-state index is 12.3. The molecule has 1 saturated carbocycles. The fourth-order valence-electron chi connectivity index (χ4n) is 2.55. The molecule has 1 aliphatic carbocycles. The molecule has 4 heteroatoms. The number of rotatable bonds is 3. The number of carbonyl (C=O) groups excluding carboxylic acids is 1. The zero-order chi connectivity index (χ0) is 13.8. The minimum absolute atomic E-state index is 0.0315. The van der Waals surface area contributed by atoms with Gasteiger partial charge in [-0.05, 0) is 49.9 Å². The Labute approximate surface area is 114 Å². The number of ether oxygens (including phenoxy) is 1. The van der Waals surface area contributed by atoms with E-state index in [1.165, 1.54) is 0 Å². The number of carbonyl (C=O) groups is 1. The third kappa shape index (κ3) is 3.26. The van der Waals surface area contributed by atoms with Crippen LogP contribution >= 0.6 is 0 Å². The van der Waals surface area contributed by atoms with E-state index >= 15 is 0 Å². The SMILES string of the molecule is COc1ccc(C(=O)N(C)C2CCC(O)CC2)cc1. The van der Waals surface area contributed by atoms with Gasteiger partial charge in [0.1, 0.15) is 5.75 Å². The summed E-state index contributed by atoms with van der Waals surface area (Å²) >= 11 is 0. The van der Waals surface area contributed by atoms with Crippen LogP contribution in [0.25, 0.3) is 0 Å². The maximum atomic E-state index is 12.3. The van der Waals surface area contributed by atoms with E-state index in [1.54, 1.807) is 36.3 Å². The summed E-state index contributed by atoms with van der Waals surface area (Å²) in [5, 5.41) is 9.50. The van der Waals surface area contributed by atoms with Crippen molar-refractivity contribution in [2.75, 3.05) is 14.2 Å². The van der Waals surface area contributed by atoms with E-state index in [-0.39, 0.29) is 18.1 Å². The number of methoxy groups -OCH3 is 1. The first-order valence-electron chi connectivity index (χ1n) is 6.71. The molecule has 1 aromatic carbocycles. The van der Waals surface area contributed by atoms with Gasteiger partial charge in [0, 0.05) is 18.7 Å². The van der Waals surface area contributed by atoms with Crippen LogP contribution in [0.5, 0.6) is 5.75 Å². The number of benzene rings is 1. The van der Waals surface area contributed by atoms with Crippen LogP contribution in [-0.4, -0.2) is 42.2 Å². The molecule has 1 fully saturated rings. The van der Waals surface area contributed by atoms with Crippen molar-refractivity contribution < 1.29 is 14.6 Å². The topological polar surface area (TPSA) is 49.8 Å². The second kappa shape index (κ2) is 6.06. The van der Waals surface area contributed by atoms with Crippen LogP contribution in [0, 0.1) is 0 Å². The Morgan fingerprint density at radius 3 is 2.32 bits per heavy atom. The Balaban J connectivity index is 2.01. The van der Waals surface area contributed by atoms with Crippen LogP contribution < -0.4 is 4.74 Å². The van der Waals surface area contributed by atoms with Crippen molar-refractivity contribution in [1.82, 2.24) is 4.90 Å². The van der Waals surface area contributed by atoms with Crippen molar-refractivity contribution >= 4 is 5.91 Å². The summed E-state index contributed by atoms with van der Waals surface area (Å²) in [4.78, 5) is 14.1. The van der Waals surface area contributed by atoms with Crippen LogP contribution in [0.15, 0.2) is 24.3 Å². The van der Waals surface area contributed by atoms with Gasteiger partial charge in [0.25, 0.3) is 5.91 Å². The molecule has 1 amide bonds. The molecule has 19 heavy (non-hydrogen) atoms. The van der Waals surface area contributed by atoms with E-state index in [1.807, 2.05) is 7.05 Å². The van der Waals surface area contributed by atoms with E-state index in [0.717, 1.165) is 31.4 Å². The predicted molar refractivity (Wildman–Crippen MR) is 73.4 cm³/mol. The van der Waals surface area contributed by atoms with Gasteiger partial charge < -0.3 is 14.7 Å². The maximum Gasteiger partial charge on any atom is 0.253 e. The van der Waals surface area contributed by atoms with Gasteiger partial charge in [0.2, 0.25) is 0 Å². The molecule has 4 nitrogen and oxygen atoms in total. The molecular formula is C15H21NO3. The molecule has 0 spiro atoms. The summed E-state index contributed by atoms with van der Waals surface area (Å²) in [5.41, 5.74) is 0.675. The highest BCUT2D eigenvalue weighted by molar-refractivity contribution is 5.94. The molecular weight excluding hydrogens is 242 g/mol.